The van der Waals surface area contributed by atoms with Crippen molar-refractivity contribution in [3.63, 3.8) is 0 Å². The number of carbonyl (C=O) groups is 2. The number of methoxy groups -OCH3 is 1. The third-order valence-electron chi connectivity index (χ3n) is 5.53. The number of rotatable bonds is 10. The van der Waals surface area contributed by atoms with Gasteiger partial charge >= 0.3 is 6.61 Å². The zero-order chi connectivity index (χ0) is 24.6. The zero-order valence-corrected chi connectivity index (χ0v) is 18.8. The molecule has 1 fully saturated rings. The third kappa shape index (κ3) is 4.85. The van der Waals surface area contributed by atoms with Crippen molar-refractivity contribution in [1.29, 1.82) is 0 Å². The van der Waals surface area contributed by atoms with Crippen molar-refractivity contribution in [3.8, 4) is 28.4 Å². The quantitative estimate of drug-likeness (QED) is 0.306. The summed E-state index contributed by atoms with van der Waals surface area (Å²) in [6, 6.07) is 6.20. The van der Waals surface area contributed by atoms with Crippen LogP contribution in [-0.4, -0.2) is 47.2 Å². The van der Waals surface area contributed by atoms with Crippen LogP contribution in [0.2, 0.25) is 0 Å². The lowest BCUT2D eigenvalue weighted by atomic mass is 9.98. The molecule has 2 aromatic heterocycles. The molecule has 0 unspecified atom stereocenters. The van der Waals surface area contributed by atoms with Crippen LogP contribution in [0.15, 0.2) is 36.7 Å². The maximum absolute atomic E-state index is 13.3. The van der Waals surface area contributed by atoms with E-state index in [1.54, 1.807) is 32.2 Å². The molecule has 0 aliphatic heterocycles. The molecule has 0 amide bonds. The first-order valence-electron chi connectivity index (χ1n) is 10.6. The van der Waals surface area contributed by atoms with E-state index in [-0.39, 0.29) is 29.9 Å². The fourth-order valence-corrected chi connectivity index (χ4v) is 3.71. The molecular formula is C24H23F3N2O5. The van der Waals surface area contributed by atoms with Gasteiger partial charge in [0.1, 0.15) is 29.0 Å². The zero-order valence-electron chi connectivity index (χ0n) is 18.8. The van der Waals surface area contributed by atoms with Gasteiger partial charge in [-0.1, -0.05) is 0 Å². The van der Waals surface area contributed by atoms with Gasteiger partial charge < -0.3 is 14.2 Å². The highest BCUT2D eigenvalue weighted by molar-refractivity contribution is 6.03. The minimum atomic E-state index is -3.17. The maximum atomic E-state index is 13.3. The van der Waals surface area contributed by atoms with E-state index in [0.717, 1.165) is 0 Å². The van der Waals surface area contributed by atoms with Gasteiger partial charge in [0.15, 0.2) is 17.7 Å². The van der Waals surface area contributed by atoms with Crippen molar-refractivity contribution in [2.75, 3.05) is 7.11 Å². The second-order valence-electron chi connectivity index (χ2n) is 8.65. The first kappa shape index (κ1) is 23.6. The monoisotopic (exact) mass is 476 g/mol. The van der Waals surface area contributed by atoms with Crippen LogP contribution in [0.5, 0.6) is 17.2 Å². The van der Waals surface area contributed by atoms with Crippen molar-refractivity contribution in [2.24, 2.45) is 5.92 Å². The van der Waals surface area contributed by atoms with E-state index in [1.165, 1.54) is 30.0 Å². The molecule has 10 heteroatoms. The Morgan fingerprint density at radius 2 is 2.00 bits per heavy atom. The lowest BCUT2D eigenvalue weighted by Crippen LogP contribution is -2.29. The van der Waals surface area contributed by atoms with E-state index in [1.807, 2.05) is 0 Å². The summed E-state index contributed by atoms with van der Waals surface area (Å²) in [4.78, 5) is 23.9. The molecule has 1 aliphatic rings. The number of Topliss-reactive ketones (excluding diaryl/α,β-unsaturated/α-hetero) is 1. The average molecular weight is 476 g/mol. The van der Waals surface area contributed by atoms with Gasteiger partial charge in [-0.25, -0.2) is 8.91 Å². The number of halogens is 3. The number of aldehydes is 1. The molecule has 1 aliphatic carbocycles. The van der Waals surface area contributed by atoms with E-state index in [9.17, 15) is 22.8 Å². The number of hydrogen-bond acceptors (Lipinski definition) is 6. The van der Waals surface area contributed by atoms with Gasteiger partial charge in [-0.3, -0.25) is 9.59 Å². The number of nitrogens with zero attached hydrogens (tertiary/aromatic N) is 2. The molecule has 1 saturated carbocycles. The molecule has 0 N–H and O–H groups in total. The molecular weight excluding hydrogens is 453 g/mol. The summed E-state index contributed by atoms with van der Waals surface area (Å²) in [5.41, 5.74) is 0.427. The molecule has 7 nitrogen and oxygen atoms in total. The maximum Gasteiger partial charge on any atom is 0.387 e. The van der Waals surface area contributed by atoms with Crippen LogP contribution < -0.4 is 14.2 Å². The van der Waals surface area contributed by atoms with Gasteiger partial charge in [0.25, 0.3) is 0 Å². The Balaban J connectivity index is 1.75. The number of carbonyl (C=O) groups excluding carboxylic acids is 2. The number of alkyl halides is 3. The Hall–Kier alpha value is -3.56. The normalized spacial score (nSPS) is 17.6. The molecule has 0 radical (unpaired) electrons. The summed E-state index contributed by atoms with van der Waals surface area (Å²) < 4.78 is 56.8. The lowest BCUT2D eigenvalue weighted by molar-refractivity contribution is -0.119. The highest BCUT2D eigenvalue weighted by atomic mass is 19.3. The third-order valence-corrected chi connectivity index (χ3v) is 5.53. The second kappa shape index (κ2) is 9.00. The van der Waals surface area contributed by atoms with Crippen molar-refractivity contribution in [3.05, 3.63) is 42.2 Å². The number of hydrogen-bond donors (Lipinski definition) is 0. The Morgan fingerprint density at radius 1 is 1.29 bits per heavy atom. The number of benzene rings is 1. The summed E-state index contributed by atoms with van der Waals surface area (Å²) >= 11 is 0. The standard InChI is InChI=1S/C24H23F3N2O5/c1-24(2,12-30)34-15-4-5-18-16(10-28-29(18)11-15)13-8-20(32-3)22(21(9-13)33-23(26)27)19(31)7-14-6-17(14)25/h4-5,8-12,14,17,23H,6-7H2,1-3H3/t14-,17-/m0/s1. The number of ketones is 1. The summed E-state index contributed by atoms with van der Waals surface area (Å²) in [5, 5.41) is 4.28. The van der Waals surface area contributed by atoms with Gasteiger partial charge in [0.05, 0.1) is 25.0 Å². The molecule has 2 atom stereocenters. The fourth-order valence-electron chi connectivity index (χ4n) is 3.71. The minimum Gasteiger partial charge on any atom is -0.496 e. The van der Waals surface area contributed by atoms with Crippen molar-refractivity contribution in [1.82, 2.24) is 9.61 Å². The summed E-state index contributed by atoms with van der Waals surface area (Å²) in [7, 11) is 1.31. The van der Waals surface area contributed by atoms with Crippen LogP contribution in [-0.2, 0) is 4.79 Å². The molecule has 2 heterocycles. The molecule has 3 aromatic rings. The molecule has 34 heavy (non-hydrogen) atoms. The van der Waals surface area contributed by atoms with Gasteiger partial charge in [0.2, 0.25) is 0 Å². The molecule has 1 aromatic carbocycles. The Kier molecular flexibility index (Phi) is 6.24. The molecule has 4 rings (SSSR count). The van der Waals surface area contributed by atoms with Crippen molar-refractivity contribution in [2.45, 2.75) is 45.1 Å². The van der Waals surface area contributed by atoms with Crippen LogP contribution in [0.25, 0.3) is 16.6 Å². The van der Waals surface area contributed by atoms with E-state index in [2.05, 4.69) is 9.84 Å². The fraction of sp³-hybridized carbons (Fsp3) is 0.375. The first-order chi connectivity index (χ1) is 16.1. The van der Waals surface area contributed by atoms with Gasteiger partial charge in [-0.2, -0.15) is 13.9 Å². The van der Waals surface area contributed by atoms with Crippen molar-refractivity contribution >= 4 is 17.6 Å². The number of fused-ring (bicyclic) bond motifs is 1. The Labute approximate surface area is 193 Å². The van der Waals surface area contributed by atoms with Gasteiger partial charge in [-0.05, 0) is 50.1 Å². The van der Waals surface area contributed by atoms with Crippen LogP contribution in [0, 0.1) is 5.92 Å². The highest BCUT2D eigenvalue weighted by Crippen LogP contribution is 2.42. The predicted molar refractivity (Wildman–Crippen MR) is 117 cm³/mol. The van der Waals surface area contributed by atoms with Gasteiger partial charge in [0, 0.05) is 17.9 Å². The summed E-state index contributed by atoms with van der Waals surface area (Å²) in [6.07, 6.45) is 2.88. The minimum absolute atomic E-state index is 0.0428. The van der Waals surface area contributed by atoms with Crippen LogP contribution >= 0.6 is 0 Å². The number of pyridine rings is 1. The second-order valence-corrected chi connectivity index (χ2v) is 8.65. The molecule has 0 bridgehead atoms. The highest BCUT2D eigenvalue weighted by Gasteiger charge is 2.40. The summed E-state index contributed by atoms with van der Waals surface area (Å²) in [6.45, 7) is 0.0659. The lowest BCUT2D eigenvalue weighted by Gasteiger charge is -2.19. The Bertz CT molecular complexity index is 1240. The first-order valence-corrected chi connectivity index (χ1v) is 10.6. The van der Waals surface area contributed by atoms with E-state index >= 15 is 0 Å². The van der Waals surface area contributed by atoms with Crippen LogP contribution in [0.3, 0.4) is 0 Å². The summed E-state index contributed by atoms with van der Waals surface area (Å²) in [5.74, 6) is -0.843. The van der Waals surface area contributed by atoms with Crippen molar-refractivity contribution < 1.29 is 37.0 Å². The smallest absolute Gasteiger partial charge is 0.387 e. The van der Waals surface area contributed by atoms with E-state index in [0.29, 0.717) is 28.7 Å². The van der Waals surface area contributed by atoms with Crippen LogP contribution in [0.1, 0.15) is 37.0 Å². The molecule has 0 saturated heterocycles. The largest absolute Gasteiger partial charge is 0.496 e. The Morgan fingerprint density at radius 3 is 2.62 bits per heavy atom. The van der Waals surface area contributed by atoms with E-state index < -0.39 is 30.1 Å². The number of aromatic nitrogens is 2. The SMILES string of the molecule is COc1cc(-c2cnn3cc(OC(C)(C)C=O)ccc23)cc(OC(F)F)c1C(=O)C[C@@H]1C[C@@H]1F. The number of ether oxygens (including phenoxy) is 3. The topological polar surface area (TPSA) is 79.1 Å². The van der Waals surface area contributed by atoms with E-state index in [4.69, 9.17) is 9.47 Å². The van der Waals surface area contributed by atoms with Crippen LogP contribution in [0.4, 0.5) is 13.2 Å². The predicted octanol–water partition coefficient (Wildman–Crippen LogP) is 4.90. The average Bonchev–Trinajstić information content (AvgIpc) is 3.30. The molecule has 180 valence electrons. The van der Waals surface area contributed by atoms with Gasteiger partial charge in [-0.15, -0.1) is 0 Å². The molecule has 0 spiro atoms.